The molecule has 1 aromatic carbocycles. The highest BCUT2D eigenvalue weighted by atomic mass is 32.2. The van der Waals surface area contributed by atoms with E-state index in [9.17, 15) is 4.79 Å². The number of nitrogens with one attached hydrogen (secondary N) is 1. The molecule has 0 saturated heterocycles. The molecule has 0 fully saturated rings. The smallest absolute Gasteiger partial charge is 0.347 e. The van der Waals surface area contributed by atoms with Crippen LogP contribution in [0, 0.1) is 6.92 Å². The zero-order valence-electron chi connectivity index (χ0n) is 9.93. The Balaban J connectivity index is 2.23. The number of rotatable bonds is 4. The third-order valence-electron chi connectivity index (χ3n) is 2.31. The van der Waals surface area contributed by atoms with Crippen molar-refractivity contribution < 1.29 is 9.90 Å². The highest BCUT2D eigenvalue weighted by Crippen LogP contribution is 2.27. The lowest BCUT2D eigenvalue weighted by atomic mass is 10.3. The minimum absolute atomic E-state index is 0.276. The minimum atomic E-state index is -0.934. The standard InChI is InChI=1S/C12H12N2O2S2/c1-7-10(11(15)16)18-12(13-7)14-8-4-3-5-9(6-8)17-2/h3-6H,1-2H3,(H,13,14)(H,15,16). The van der Waals surface area contributed by atoms with Gasteiger partial charge in [-0.1, -0.05) is 17.4 Å². The molecule has 0 aliphatic rings. The first-order valence-electron chi connectivity index (χ1n) is 5.22. The maximum Gasteiger partial charge on any atom is 0.347 e. The molecule has 0 amide bonds. The number of hydrogen-bond donors (Lipinski definition) is 2. The molecule has 0 bridgehead atoms. The van der Waals surface area contributed by atoms with Crippen LogP contribution in [0.2, 0.25) is 0 Å². The van der Waals surface area contributed by atoms with E-state index in [4.69, 9.17) is 5.11 Å². The summed E-state index contributed by atoms with van der Waals surface area (Å²) in [5.41, 5.74) is 1.45. The van der Waals surface area contributed by atoms with Crippen LogP contribution in [0.3, 0.4) is 0 Å². The van der Waals surface area contributed by atoms with E-state index in [0.717, 1.165) is 21.9 Å². The molecular formula is C12H12N2O2S2. The van der Waals surface area contributed by atoms with E-state index in [1.807, 2.05) is 30.5 Å². The van der Waals surface area contributed by atoms with Crippen molar-refractivity contribution in [3.63, 3.8) is 0 Å². The van der Waals surface area contributed by atoms with Crippen molar-refractivity contribution in [3.8, 4) is 0 Å². The quantitative estimate of drug-likeness (QED) is 0.838. The number of carboxylic acids is 1. The predicted molar refractivity (Wildman–Crippen MR) is 75.3 cm³/mol. The van der Waals surface area contributed by atoms with Gasteiger partial charge in [0.05, 0.1) is 5.69 Å². The van der Waals surface area contributed by atoms with Crippen LogP contribution in [0.1, 0.15) is 15.4 Å². The van der Waals surface area contributed by atoms with Gasteiger partial charge in [-0.3, -0.25) is 0 Å². The average molecular weight is 280 g/mol. The SMILES string of the molecule is CSc1cccc(Nc2nc(C)c(C(=O)O)s2)c1. The van der Waals surface area contributed by atoms with Crippen LogP contribution in [-0.4, -0.2) is 22.3 Å². The lowest BCUT2D eigenvalue weighted by Gasteiger charge is -2.03. The van der Waals surface area contributed by atoms with Gasteiger partial charge >= 0.3 is 5.97 Å². The Morgan fingerprint density at radius 1 is 1.50 bits per heavy atom. The molecule has 1 heterocycles. The summed E-state index contributed by atoms with van der Waals surface area (Å²) >= 11 is 2.80. The zero-order chi connectivity index (χ0) is 13.1. The maximum atomic E-state index is 10.9. The fraction of sp³-hybridized carbons (Fsp3) is 0.167. The second-order valence-corrected chi connectivity index (χ2v) is 5.47. The van der Waals surface area contributed by atoms with Crippen molar-refractivity contribution in [2.75, 3.05) is 11.6 Å². The van der Waals surface area contributed by atoms with Crippen molar-refractivity contribution in [2.24, 2.45) is 0 Å². The second kappa shape index (κ2) is 5.41. The van der Waals surface area contributed by atoms with Gasteiger partial charge < -0.3 is 10.4 Å². The summed E-state index contributed by atoms with van der Waals surface area (Å²) in [6.45, 7) is 1.70. The van der Waals surface area contributed by atoms with Gasteiger partial charge in [0.15, 0.2) is 5.13 Å². The summed E-state index contributed by atoms with van der Waals surface area (Å²) in [7, 11) is 0. The Morgan fingerprint density at radius 2 is 2.28 bits per heavy atom. The molecule has 6 heteroatoms. The fourth-order valence-electron chi connectivity index (χ4n) is 1.47. The molecule has 18 heavy (non-hydrogen) atoms. The predicted octanol–water partition coefficient (Wildman–Crippen LogP) is 3.62. The Bertz CT molecular complexity index is 581. The molecule has 0 aliphatic carbocycles. The number of benzene rings is 1. The average Bonchev–Trinajstić information content (AvgIpc) is 2.70. The number of aryl methyl sites for hydroxylation is 1. The number of carbonyl (C=O) groups is 1. The number of aromatic nitrogens is 1. The van der Waals surface area contributed by atoms with Crippen molar-refractivity contribution in [1.29, 1.82) is 0 Å². The normalized spacial score (nSPS) is 10.3. The molecule has 0 radical (unpaired) electrons. The van der Waals surface area contributed by atoms with Gasteiger partial charge in [0.1, 0.15) is 4.88 Å². The van der Waals surface area contributed by atoms with Crippen LogP contribution in [0.25, 0.3) is 0 Å². The first-order valence-corrected chi connectivity index (χ1v) is 7.26. The second-order valence-electron chi connectivity index (χ2n) is 3.60. The van der Waals surface area contributed by atoms with E-state index in [-0.39, 0.29) is 4.88 Å². The van der Waals surface area contributed by atoms with E-state index in [1.54, 1.807) is 18.7 Å². The Kier molecular flexibility index (Phi) is 3.88. The van der Waals surface area contributed by atoms with Crippen LogP contribution >= 0.6 is 23.1 Å². The number of carboxylic acid groups (broad SMARTS) is 1. The number of nitrogens with zero attached hydrogens (tertiary/aromatic N) is 1. The lowest BCUT2D eigenvalue weighted by Crippen LogP contribution is -1.94. The Labute approximate surface area is 113 Å². The number of anilines is 2. The van der Waals surface area contributed by atoms with Crippen LogP contribution in [0.15, 0.2) is 29.2 Å². The highest BCUT2D eigenvalue weighted by molar-refractivity contribution is 7.98. The van der Waals surface area contributed by atoms with Gasteiger partial charge in [0.2, 0.25) is 0 Å². The highest BCUT2D eigenvalue weighted by Gasteiger charge is 2.13. The largest absolute Gasteiger partial charge is 0.477 e. The van der Waals surface area contributed by atoms with Crippen LogP contribution < -0.4 is 5.32 Å². The van der Waals surface area contributed by atoms with Crippen molar-refractivity contribution in [2.45, 2.75) is 11.8 Å². The van der Waals surface area contributed by atoms with Crippen LogP contribution in [0.5, 0.6) is 0 Å². The Morgan fingerprint density at radius 3 is 2.89 bits per heavy atom. The molecule has 1 aromatic heterocycles. The first kappa shape index (κ1) is 12.9. The van der Waals surface area contributed by atoms with Gasteiger partial charge in [0, 0.05) is 10.6 Å². The van der Waals surface area contributed by atoms with E-state index in [1.165, 1.54) is 0 Å². The molecule has 0 aliphatic heterocycles. The maximum absolute atomic E-state index is 10.9. The molecule has 2 rings (SSSR count). The van der Waals surface area contributed by atoms with E-state index in [0.29, 0.717) is 10.8 Å². The molecule has 0 atom stereocenters. The summed E-state index contributed by atoms with van der Waals surface area (Å²) in [6, 6.07) is 7.90. The fourth-order valence-corrected chi connectivity index (χ4v) is 2.76. The zero-order valence-corrected chi connectivity index (χ0v) is 11.6. The summed E-state index contributed by atoms with van der Waals surface area (Å²) in [5.74, 6) is -0.934. The summed E-state index contributed by atoms with van der Waals surface area (Å²) in [5, 5.41) is 12.7. The summed E-state index contributed by atoms with van der Waals surface area (Å²) in [6.07, 6.45) is 2.01. The van der Waals surface area contributed by atoms with Gasteiger partial charge in [-0.05, 0) is 31.4 Å². The van der Waals surface area contributed by atoms with Crippen LogP contribution in [-0.2, 0) is 0 Å². The number of thioether (sulfide) groups is 1. The van der Waals surface area contributed by atoms with Gasteiger partial charge in [-0.15, -0.1) is 11.8 Å². The molecule has 4 nitrogen and oxygen atoms in total. The summed E-state index contributed by atoms with van der Waals surface area (Å²) < 4.78 is 0. The van der Waals surface area contributed by atoms with Crippen molar-refractivity contribution in [3.05, 3.63) is 34.8 Å². The molecular weight excluding hydrogens is 268 g/mol. The monoisotopic (exact) mass is 280 g/mol. The van der Waals surface area contributed by atoms with E-state index in [2.05, 4.69) is 10.3 Å². The lowest BCUT2D eigenvalue weighted by molar-refractivity contribution is 0.0701. The third kappa shape index (κ3) is 2.83. The molecule has 2 aromatic rings. The molecule has 0 unspecified atom stereocenters. The van der Waals surface area contributed by atoms with Crippen molar-refractivity contribution >= 4 is 39.9 Å². The Hall–Kier alpha value is -1.53. The van der Waals surface area contributed by atoms with E-state index < -0.39 is 5.97 Å². The first-order chi connectivity index (χ1) is 8.60. The topological polar surface area (TPSA) is 62.2 Å². The van der Waals surface area contributed by atoms with Gasteiger partial charge in [-0.2, -0.15) is 0 Å². The van der Waals surface area contributed by atoms with Gasteiger partial charge in [0.25, 0.3) is 0 Å². The van der Waals surface area contributed by atoms with Gasteiger partial charge in [-0.25, -0.2) is 9.78 Å². The molecule has 2 N–H and O–H groups in total. The van der Waals surface area contributed by atoms with E-state index >= 15 is 0 Å². The molecule has 0 spiro atoms. The molecule has 94 valence electrons. The van der Waals surface area contributed by atoms with Crippen molar-refractivity contribution in [1.82, 2.24) is 4.98 Å². The van der Waals surface area contributed by atoms with Crippen LogP contribution in [0.4, 0.5) is 10.8 Å². The number of hydrogen-bond acceptors (Lipinski definition) is 5. The molecule has 0 saturated carbocycles. The number of thiazole rings is 1. The summed E-state index contributed by atoms with van der Waals surface area (Å²) in [4.78, 5) is 16.6. The minimum Gasteiger partial charge on any atom is -0.477 e. The third-order valence-corrected chi connectivity index (χ3v) is 4.10. The number of aromatic carboxylic acids is 1.